The molecule has 3 aliphatic rings. The number of para-hydroxylation sites is 1. The van der Waals surface area contributed by atoms with Crippen LogP contribution in [0, 0.1) is 29.2 Å². The lowest BCUT2D eigenvalue weighted by molar-refractivity contribution is 0.0396. The lowest BCUT2D eigenvalue weighted by Gasteiger charge is -2.32. The highest BCUT2D eigenvalue weighted by Gasteiger charge is 2.31. The van der Waals surface area contributed by atoms with E-state index in [-0.39, 0.29) is 35.7 Å². The fraction of sp³-hybridized carbons (Fsp3) is 0.250. The van der Waals surface area contributed by atoms with Gasteiger partial charge in [-0.1, -0.05) is 102 Å². The quantitative estimate of drug-likeness (QED) is 0.0471. The Morgan fingerprint density at radius 1 is 0.407 bits per heavy atom. The van der Waals surface area contributed by atoms with E-state index in [1.165, 1.54) is 0 Å². The van der Waals surface area contributed by atoms with Crippen LogP contribution in [0.3, 0.4) is 0 Å². The molecule has 15 heteroatoms. The van der Waals surface area contributed by atoms with E-state index >= 15 is 0 Å². The number of hydrogen-bond acceptors (Lipinski definition) is 14. The molecule has 4 unspecified atom stereocenters. The summed E-state index contributed by atoms with van der Waals surface area (Å²) in [6.45, 7) is 16.8. The molecule has 0 radical (unpaired) electrons. The molecule has 458 valence electrons. The summed E-state index contributed by atoms with van der Waals surface area (Å²) in [6, 6.07) is 60.2. The average Bonchev–Trinajstić information content (AvgIpc) is 3.66. The molecule has 0 spiro atoms. The SMILES string of the molecule is [C-]#[N+]c1c(Oc2ccc(C(C)(CCc3ccc(Oc4cccc(Oc5ccc6c(c5)OC(CCCC)O6)c4C#N)cc3)c3ccc(Oc4cccc(Oc5ccc6c(c5)OC(CCCC)O6)c4C#N)cc3)cc2)cccc1Oc1ccc2c(c1)OC(CCCC)O2. The van der Waals surface area contributed by atoms with Gasteiger partial charge in [-0.15, -0.1) is 0 Å². The number of nitrogens with zero attached hydrogens (tertiary/aromatic N) is 3. The maximum atomic E-state index is 10.5. The third-order valence-electron chi connectivity index (χ3n) is 16.1. The van der Waals surface area contributed by atoms with Crippen molar-refractivity contribution in [3.8, 4) is 116 Å². The molecule has 0 N–H and O–H groups in total. The van der Waals surface area contributed by atoms with Crippen LogP contribution >= 0.6 is 0 Å². The van der Waals surface area contributed by atoms with Crippen LogP contribution in [0.15, 0.2) is 182 Å². The topological polar surface area (TPSA) is 163 Å². The largest absolute Gasteiger partial charge is 0.468 e. The van der Waals surface area contributed by atoms with Crippen molar-refractivity contribution in [3.63, 3.8) is 0 Å². The molecule has 9 aromatic carbocycles. The molecule has 0 aliphatic carbocycles. The third-order valence-corrected chi connectivity index (χ3v) is 16.1. The van der Waals surface area contributed by atoms with Gasteiger partial charge in [0.1, 0.15) is 92.3 Å². The van der Waals surface area contributed by atoms with E-state index in [2.05, 4.69) is 44.7 Å². The van der Waals surface area contributed by atoms with Gasteiger partial charge >= 0.3 is 0 Å². The van der Waals surface area contributed by atoms with Crippen LogP contribution in [0.1, 0.15) is 120 Å². The van der Waals surface area contributed by atoms with Gasteiger partial charge in [0.15, 0.2) is 34.5 Å². The van der Waals surface area contributed by atoms with Crippen molar-refractivity contribution in [1.29, 1.82) is 10.5 Å². The van der Waals surface area contributed by atoms with Gasteiger partial charge in [-0.05, 0) is 158 Å². The minimum atomic E-state index is -0.578. The molecule has 0 aromatic heterocycles. The number of benzene rings is 9. The summed E-state index contributed by atoms with van der Waals surface area (Å²) in [4.78, 5) is 3.85. The Morgan fingerprint density at radius 2 is 0.714 bits per heavy atom. The van der Waals surface area contributed by atoms with Crippen LogP contribution in [-0.4, -0.2) is 18.9 Å². The molecule has 3 heterocycles. The number of ether oxygens (including phenoxy) is 12. The van der Waals surface area contributed by atoms with E-state index in [0.29, 0.717) is 116 Å². The second-order valence-electron chi connectivity index (χ2n) is 22.6. The summed E-state index contributed by atoms with van der Waals surface area (Å²) in [7, 11) is 0. The first kappa shape index (κ1) is 60.3. The smallest absolute Gasteiger partial charge is 0.270 e. The molecule has 0 saturated carbocycles. The molecule has 15 nitrogen and oxygen atoms in total. The van der Waals surface area contributed by atoms with Crippen molar-refractivity contribution in [2.75, 3.05) is 0 Å². The van der Waals surface area contributed by atoms with Crippen LogP contribution in [-0.2, 0) is 11.8 Å². The highest BCUT2D eigenvalue weighted by Crippen LogP contribution is 2.48. The Morgan fingerprint density at radius 3 is 1.07 bits per heavy atom. The molecule has 12 rings (SSSR count). The minimum Gasteiger partial charge on any atom is -0.468 e. The first-order valence-electron chi connectivity index (χ1n) is 30.9. The van der Waals surface area contributed by atoms with Gasteiger partial charge in [-0.25, -0.2) is 4.85 Å². The first-order chi connectivity index (χ1) is 44.6. The van der Waals surface area contributed by atoms with Gasteiger partial charge in [-0.2, -0.15) is 10.5 Å². The molecular weight excluding hydrogens is 1150 g/mol. The molecular formula is C76H67N3O12. The Kier molecular flexibility index (Phi) is 18.3. The second kappa shape index (κ2) is 27.6. The molecule has 4 atom stereocenters. The Hall–Kier alpha value is -11.0. The predicted octanol–water partition coefficient (Wildman–Crippen LogP) is 20.5. The summed E-state index contributed by atoms with van der Waals surface area (Å²) >= 11 is 0. The summed E-state index contributed by atoms with van der Waals surface area (Å²) in [5, 5.41) is 20.9. The van der Waals surface area contributed by atoms with Crippen LogP contribution in [0.25, 0.3) is 4.85 Å². The van der Waals surface area contributed by atoms with Crippen molar-refractivity contribution in [1.82, 2.24) is 0 Å². The van der Waals surface area contributed by atoms with Gasteiger partial charge < -0.3 is 56.8 Å². The van der Waals surface area contributed by atoms with Gasteiger partial charge in [0.25, 0.3) is 5.69 Å². The zero-order valence-electron chi connectivity index (χ0n) is 51.1. The Balaban J connectivity index is 0.766. The Bertz CT molecular complexity index is 4010. The summed E-state index contributed by atoms with van der Waals surface area (Å²) in [5.74, 6) is 8.93. The molecule has 0 fully saturated rings. The number of hydrogen-bond donors (Lipinski definition) is 0. The zero-order chi connectivity index (χ0) is 62.7. The molecule has 0 bridgehead atoms. The van der Waals surface area contributed by atoms with Crippen LogP contribution in [0.4, 0.5) is 5.69 Å². The summed E-state index contributed by atoms with van der Waals surface area (Å²) < 4.78 is 74.1. The zero-order valence-corrected chi connectivity index (χ0v) is 51.1. The average molecular weight is 1210 g/mol. The van der Waals surface area contributed by atoms with E-state index < -0.39 is 5.41 Å². The standard InChI is InChI=1S/C76H67N3O12/c1-6-9-21-72-86-64-39-36-55(44-69(64)89-72)83-62-17-12-15-60(58(62)47-77)80-52-30-24-49(25-31-52)42-43-76(4,50-26-32-53(33-27-50)81-61-16-13-18-63(59(61)48-78)84-56-37-40-65-70(45-56)90-73(87-65)22-10-7-2)51-28-34-54(35-29-51)82-67-19-14-20-68(75(67)79-5)85-57-38-41-66-71(46-57)91-74(88-66)23-11-8-3/h12-20,24-41,44-46,72-74H,6-11,21-23,42-43H2,1-4H3. The van der Waals surface area contributed by atoms with E-state index in [0.717, 1.165) is 74.5 Å². The lowest BCUT2D eigenvalue weighted by atomic mass is 9.72. The summed E-state index contributed by atoms with van der Waals surface area (Å²) in [5.41, 5.74) is 3.20. The van der Waals surface area contributed by atoms with Crippen molar-refractivity contribution in [3.05, 3.63) is 221 Å². The highest BCUT2D eigenvalue weighted by atomic mass is 16.7. The molecule has 0 amide bonds. The van der Waals surface area contributed by atoms with Crippen molar-refractivity contribution < 1.29 is 56.8 Å². The molecule has 0 saturated heterocycles. The van der Waals surface area contributed by atoms with E-state index in [4.69, 9.17) is 63.4 Å². The van der Waals surface area contributed by atoms with Crippen LogP contribution in [0.2, 0.25) is 0 Å². The second-order valence-corrected chi connectivity index (χ2v) is 22.6. The number of unbranched alkanes of at least 4 members (excludes halogenated alkanes) is 3. The normalized spacial score (nSPS) is 15.3. The number of aryl methyl sites for hydroxylation is 1. The van der Waals surface area contributed by atoms with Crippen LogP contribution in [0.5, 0.6) is 103 Å². The minimum absolute atomic E-state index is 0.219. The van der Waals surface area contributed by atoms with Crippen molar-refractivity contribution >= 4 is 5.69 Å². The van der Waals surface area contributed by atoms with E-state index in [1.54, 1.807) is 91.0 Å². The fourth-order valence-corrected chi connectivity index (χ4v) is 11.1. The monoisotopic (exact) mass is 1210 g/mol. The molecule has 91 heavy (non-hydrogen) atoms. The third kappa shape index (κ3) is 13.9. The van der Waals surface area contributed by atoms with Crippen LogP contribution < -0.4 is 56.8 Å². The number of nitriles is 2. The van der Waals surface area contributed by atoms with Gasteiger partial charge in [0, 0.05) is 42.9 Å². The molecule has 3 aliphatic heterocycles. The van der Waals surface area contributed by atoms with E-state index in [9.17, 15) is 10.5 Å². The fourth-order valence-electron chi connectivity index (χ4n) is 11.1. The lowest BCUT2D eigenvalue weighted by Crippen LogP contribution is -2.24. The van der Waals surface area contributed by atoms with Gasteiger partial charge in [0.05, 0.1) is 6.57 Å². The number of rotatable bonds is 26. The van der Waals surface area contributed by atoms with Crippen molar-refractivity contribution in [2.45, 2.75) is 123 Å². The maximum absolute atomic E-state index is 10.5. The highest BCUT2D eigenvalue weighted by molar-refractivity contribution is 5.69. The Labute approximate surface area is 530 Å². The number of fused-ring (bicyclic) bond motifs is 3. The van der Waals surface area contributed by atoms with Gasteiger partial charge in [-0.3, -0.25) is 0 Å². The molecule has 9 aromatic rings. The first-order valence-corrected chi connectivity index (χ1v) is 30.9. The predicted molar refractivity (Wildman–Crippen MR) is 343 cm³/mol. The maximum Gasteiger partial charge on any atom is 0.270 e. The summed E-state index contributed by atoms with van der Waals surface area (Å²) in [6.07, 6.45) is 8.76. The van der Waals surface area contributed by atoms with Gasteiger partial charge in [0.2, 0.25) is 18.9 Å². The van der Waals surface area contributed by atoms with E-state index in [1.807, 2.05) is 91.0 Å². The van der Waals surface area contributed by atoms with Crippen molar-refractivity contribution in [2.24, 2.45) is 0 Å².